The highest BCUT2D eigenvalue weighted by molar-refractivity contribution is 5.23. The molecule has 0 aromatic carbocycles. The van der Waals surface area contributed by atoms with Crippen LogP contribution in [0.5, 0.6) is 5.88 Å². The average Bonchev–Trinajstić information content (AvgIpc) is 2.20. The first-order chi connectivity index (χ1) is 6.79. The Morgan fingerprint density at radius 2 is 2.36 bits per heavy atom. The number of rotatable bonds is 5. The predicted molar refractivity (Wildman–Crippen MR) is 52.7 cm³/mol. The Kier molecular flexibility index (Phi) is 4.32. The van der Waals surface area contributed by atoms with Crippen LogP contribution in [0.15, 0.2) is 12.3 Å². The number of pyridine rings is 1. The summed E-state index contributed by atoms with van der Waals surface area (Å²) < 4.78 is 18.7. The summed E-state index contributed by atoms with van der Waals surface area (Å²) in [5, 5.41) is 2.88. The zero-order valence-corrected chi connectivity index (χ0v) is 8.51. The van der Waals surface area contributed by atoms with Crippen LogP contribution in [0.2, 0.25) is 0 Å². The molecule has 0 saturated heterocycles. The van der Waals surface area contributed by atoms with Crippen molar-refractivity contribution in [1.82, 2.24) is 10.3 Å². The summed E-state index contributed by atoms with van der Waals surface area (Å²) >= 11 is 0. The molecule has 0 saturated carbocycles. The van der Waals surface area contributed by atoms with E-state index in [1.807, 2.05) is 6.92 Å². The highest BCUT2D eigenvalue weighted by atomic mass is 19.1. The fourth-order valence-electron chi connectivity index (χ4n) is 1.09. The third-order valence-corrected chi connectivity index (χ3v) is 1.75. The van der Waals surface area contributed by atoms with E-state index < -0.39 is 0 Å². The van der Waals surface area contributed by atoms with Crippen LogP contribution in [-0.4, -0.2) is 18.6 Å². The summed E-state index contributed by atoms with van der Waals surface area (Å²) in [4.78, 5) is 3.83. The maximum atomic E-state index is 13.6. The van der Waals surface area contributed by atoms with Crippen molar-refractivity contribution < 1.29 is 9.13 Å². The van der Waals surface area contributed by atoms with E-state index in [4.69, 9.17) is 4.74 Å². The molecule has 1 aromatic heterocycles. The van der Waals surface area contributed by atoms with E-state index >= 15 is 0 Å². The van der Waals surface area contributed by atoms with Gasteiger partial charge < -0.3 is 10.1 Å². The summed E-state index contributed by atoms with van der Waals surface area (Å²) in [7, 11) is 1.77. The standard InChI is InChI=1S/C10H15FN2O/c1-3-6-14-10-9(11)8(7-12-2)4-5-13-10/h4-5,12H,3,6-7H2,1-2H3. The molecule has 14 heavy (non-hydrogen) atoms. The van der Waals surface area contributed by atoms with Gasteiger partial charge in [-0.1, -0.05) is 6.92 Å². The molecule has 1 heterocycles. The second kappa shape index (κ2) is 5.54. The van der Waals surface area contributed by atoms with Gasteiger partial charge in [-0.15, -0.1) is 0 Å². The van der Waals surface area contributed by atoms with Crippen molar-refractivity contribution in [1.29, 1.82) is 0 Å². The molecule has 1 aromatic rings. The number of aromatic nitrogens is 1. The molecule has 1 rings (SSSR count). The minimum Gasteiger partial charge on any atom is -0.476 e. The van der Waals surface area contributed by atoms with Gasteiger partial charge in [-0.25, -0.2) is 9.37 Å². The maximum absolute atomic E-state index is 13.6. The Hall–Kier alpha value is -1.16. The Balaban J connectivity index is 2.78. The van der Waals surface area contributed by atoms with Crippen molar-refractivity contribution in [3.63, 3.8) is 0 Å². The zero-order chi connectivity index (χ0) is 10.4. The molecular weight excluding hydrogens is 183 g/mol. The van der Waals surface area contributed by atoms with Gasteiger partial charge in [0, 0.05) is 18.3 Å². The van der Waals surface area contributed by atoms with Crippen LogP contribution < -0.4 is 10.1 Å². The van der Waals surface area contributed by atoms with E-state index in [1.54, 1.807) is 19.3 Å². The van der Waals surface area contributed by atoms with Crippen molar-refractivity contribution in [2.45, 2.75) is 19.9 Å². The van der Waals surface area contributed by atoms with E-state index in [1.165, 1.54) is 0 Å². The molecule has 0 amide bonds. The molecule has 0 fully saturated rings. The van der Waals surface area contributed by atoms with Crippen LogP contribution in [0, 0.1) is 5.82 Å². The highest BCUT2D eigenvalue weighted by Gasteiger charge is 2.09. The van der Waals surface area contributed by atoms with Crippen LogP contribution in [-0.2, 0) is 6.54 Å². The van der Waals surface area contributed by atoms with E-state index in [0.29, 0.717) is 18.7 Å². The van der Waals surface area contributed by atoms with Gasteiger partial charge >= 0.3 is 0 Å². The van der Waals surface area contributed by atoms with E-state index in [-0.39, 0.29) is 11.7 Å². The summed E-state index contributed by atoms with van der Waals surface area (Å²) in [6.07, 6.45) is 2.40. The lowest BCUT2D eigenvalue weighted by Crippen LogP contribution is -2.09. The number of nitrogens with one attached hydrogen (secondary N) is 1. The summed E-state index contributed by atoms with van der Waals surface area (Å²) in [6, 6.07) is 1.64. The van der Waals surface area contributed by atoms with Crippen molar-refractivity contribution in [3.8, 4) is 5.88 Å². The lowest BCUT2D eigenvalue weighted by molar-refractivity contribution is 0.287. The first-order valence-corrected chi connectivity index (χ1v) is 4.70. The monoisotopic (exact) mass is 198 g/mol. The van der Waals surface area contributed by atoms with E-state index in [0.717, 1.165) is 6.42 Å². The Morgan fingerprint density at radius 3 is 3.00 bits per heavy atom. The molecule has 1 N–H and O–H groups in total. The molecule has 0 radical (unpaired) electrons. The smallest absolute Gasteiger partial charge is 0.250 e. The topological polar surface area (TPSA) is 34.1 Å². The number of halogens is 1. The van der Waals surface area contributed by atoms with Gasteiger partial charge in [-0.05, 0) is 19.5 Å². The number of hydrogen-bond donors (Lipinski definition) is 1. The van der Waals surface area contributed by atoms with Gasteiger partial charge in [0.2, 0.25) is 0 Å². The van der Waals surface area contributed by atoms with Crippen LogP contribution >= 0.6 is 0 Å². The summed E-state index contributed by atoms with van der Waals surface area (Å²) in [5.41, 5.74) is 0.577. The molecule has 0 aliphatic heterocycles. The lowest BCUT2D eigenvalue weighted by Gasteiger charge is -2.07. The molecule has 3 nitrogen and oxygen atoms in total. The zero-order valence-electron chi connectivity index (χ0n) is 8.51. The van der Waals surface area contributed by atoms with Gasteiger partial charge in [0.25, 0.3) is 5.88 Å². The second-order valence-corrected chi connectivity index (χ2v) is 2.97. The van der Waals surface area contributed by atoms with Crippen LogP contribution in [0.3, 0.4) is 0 Å². The van der Waals surface area contributed by atoms with Crippen molar-refractivity contribution in [2.24, 2.45) is 0 Å². The Bertz CT molecular complexity index is 291. The molecular formula is C10H15FN2O. The third-order valence-electron chi connectivity index (χ3n) is 1.75. The molecule has 0 aliphatic carbocycles. The molecule has 0 unspecified atom stereocenters. The third kappa shape index (κ3) is 2.67. The fourth-order valence-corrected chi connectivity index (χ4v) is 1.09. The Labute approximate surface area is 83.3 Å². The SMILES string of the molecule is CCCOc1nccc(CNC)c1F. The number of hydrogen-bond acceptors (Lipinski definition) is 3. The van der Waals surface area contributed by atoms with Gasteiger partial charge in [-0.3, -0.25) is 0 Å². The summed E-state index contributed by atoms with van der Waals surface area (Å²) in [5.74, 6) is -0.269. The van der Waals surface area contributed by atoms with Crippen molar-refractivity contribution in [2.75, 3.05) is 13.7 Å². The molecule has 0 spiro atoms. The van der Waals surface area contributed by atoms with Crippen LogP contribution in [0.25, 0.3) is 0 Å². The van der Waals surface area contributed by atoms with E-state index in [9.17, 15) is 4.39 Å². The largest absolute Gasteiger partial charge is 0.476 e. The van der Waals surface area contributed by atoms with Crippen molar-refractivity contribution in [3.05, 3.63) is 23.6 Å². The lowest BCUT2D eigenvalue weighted by atomic mass is 10.2. The van der Waals surface area contributed by atoms with E-state index in [2.05, 4.69) is 10.3 Å². The normalized spacial score (nSPS) is 10.2. The predicted octanol–water partition coefficient (Wildman–Crippen LogP) is 1.73. The second-order valence-electron chi connectivity index (χ2n) is 2.97. The van der Waals surface area contributed by atoms with Crippen LogP contribution in [0.4, 0.5) is 4.39 Å². The number of nitrogens with zero attached hydrogens (tertiary/aromatic N) is 1. The first-order valence-electron chi connectivity index (χ1n) is 4.70. The fraction of sp³-hybridized carbons (Fsp3) is 0.500. The molecule has 0 atom stereocenters. The average molecular weight is 198 g/mol. The van der Waals surface area contributed by atoms with Gasteiger partial charge in [0.15, 0.2) is 5.82 Å². The van der Waals surface area contributed by atoms with Gasteiger partial charge in [-0.2, -0.15) is 0 Å². The maximum Gasteiger partial charge on any atom is 0.250 e. The molecule has 0 bridgehead atoms. The summed E-state index contributed by atoms with van der Waals surface area (Å²) in [6.45, 7) is 2.94. The highest BCUT2D eigenvalue weighted by Crippen LogP contribution is 2.17. The van der Waals surface area contributed by atoms with Crippen LogP contribution in [0.1, 0.15) is 18.9 Å². The van der Waals surface area contributed by atoms with Crippen molar-refractivity contribution >= 4 is 0 Å². The first kappa shape index (κ1) is 10.9. The minimum atomic E-state index is -0.365. The quantitative estimate of drug-likeness (QED) is 0.782. The van der Waals surface area contributed by atoms with Gasteiger partial charge in [0.1, 0.15) is 0 Å². The van der Waals surface area contributed by atoms with Gasteiger partial charge in [0.05, 0.1) is 6.61 Å². The Morgan fingerprint density at radius 1 is 1.57 bits per heavy atom. The molecule has 78 valence electrons. The molecule has 0 aliphatic rings. The minimum absolute atomic E-state index is 0.0969. The number of ether oxygens (including phenoxy) is 1. The molecule has 4 heteroatoms.